The molecule has 0 aromatic heterocycles. The predicted molar refractivity (Wildman–Crippen MR) is 89.7 cm³/mol. The Morgan fingerprint density at radius 2 is 1.95 bits per heavy atom. The first-order chi connectivity index (χ1) is 10.7. The zero-order valence-electron chi connectivity index (χ0n) is 13.5. The summed E-state index contributed by atoms with van der Waals surface area (Å²) < 4.78 is 0. The normalized spacial score (nSPS) is 24.7. The minimum Gasteiger partial charge on any atom is -0.371 e. The zero-order valence-corrected chi connectivity index (χ0v) is 13.5. The van der Waals surface area contributed by atoms with Crippen LogP contribution in [0.5, 0.6) is 0 Å². The van der Waals surface area contributed by atoms with Crippen LogP contribution in [0.3, 0.4) is 0 Å². The number of benzene rings is 1. The van der Waals surface area contributed by atoms with E-state index in [1.165, 1.54) is 24.1 Å². The summed E-state index contributed by atoms with van der Waals surface area (Å²) in [6.45, 7) is 2.93. The van der Waals surface area contributed by atoms with Gasteiger partial charge in [0.1, 0.15) is 0 Å². The van der Waals surface area contributed by atoms with Gasteiger partial charge in [-0.1, -0.05) is 24.6 Å². The summed E-state index contributed by atoms with van der Waals surface area (Å²) in [7, 11) is 1.91. The molecule has 1 amide bonds. The van der Waals surface area contributed by atoms with E-state index in [9.17, 15) is 4.79 Å². The topological polar surface area (TPSA) is 49.6 Å². The molecule has 0 bridgehead atoms. The Kier molecular flexibility index (Phi) is 4.67. The van der Waals surface area contributed by atoms with Crippen molar-refractivity contribution in [3.8, 4) is 0 Å². The maximum Gasteiger partial charge on any atom is 0.227 e. The molecule has 0 unspecified atom stereocenters. The quantitative estimate of drug-likeness (QED) is 0.929. The number of nitrogens with two attached hydrogens (primary N) is 1. The predicted octanol–water partition coefficient (Wildman–Crippen LogP) is 2.37. The van der Waals surface area contributed by atoms with Crippen LogP contribution >= 0.6 is 0 Å². The van der Waals surface area contributed by atoms with E-state index < -0.39 is 0 Å². The van der Waals surface area contributed by atoms with Crippen LogP contribution in [0.25, 0.3) is 0 Å². The standard InChI is InChI=1S/C18H27N3O/c1-20(18(22)15-8-6-9-16(15)19)13-14-7-2-3-10-17(14)21-11-4-5-12-21/h2-3,7,10,15-16H,4-6,8-9,11-13,19H2,1H3/t15-,16+/m1/s1. The average molecular weight is 301 g/mol. The number of hydrogen-bond acceptors (Lipinski definition) is 3. The molecular formula is C18H27N3O. The van der Waals surface area contributed by atoms with Crippen molar-refractivity contribution in [3.63, 3.8) is 0 Å². The van der Waals surface area contributed by atoms with Crippen molar-refractivity contribution in [3.05, 3.63) is 29.8 Å². The van der Waals surface area contributed by atoms with E-state index in [1.54, 1.807) is 0 Å². The number of anilines is 1. The summed E-state index contributed by atoms with van der Waals surface area (Å²) in [6.07, 6.45) is 5.53. The fourth-order valence-electron chi connectivity index (χ4n) is 3.82. The number of para-hydroxylation sites is 1. The van der Waals surface area contributed by atoms with E-state index in [0.29, 0.717) is 6.54 Å². The number of carbonyl (C=O) groups excluding carboxylic acids is 1. The molecule has 1 saturated carbocycles. The Labute approximate surface area is 133 Å². The van der Waals surface area contributed by atoms with Crippen molar-refractivity contribution in [2.45, 2.75) is 44.7 Å². The van der Waals surface area contributed by atoms with Gasteiger partial charge >= 0.3 is 0 Å². The molecule has 4 heteroatoms. The SMILES string of the molecule is CN(Cc1ccccc1N1CCCC1)C(=O)[C@@H]1CCC[C@@H]1N. The largest absolute Gasteiger partial charge is 0.371 e. The molecule has 22 heavy (non-hydrogen) atoms. The first-order valence-corrected chi connectivity index (χ1v) is 8.50. The fourth-order valence-corrected chi connectivity index (χ4v) is 3.82. The van der Waals surface area contributed by atoms with E-state index in [-0.39, 0.29) is 17.9 Å². The lowest BCUT2D eigenvalue weighted by molar-refractivity contribution is -0.134. The second-order valence-corrected chi connectivity index (χ2v) is 6.72. The number of carbonyl (C=O) groups is 1. The van der Waals surface area contributed by atoms with Crippen molar-refractivity contribution < 1.29 is 4.79 Å². The van der Waals surface area contributed by atoms with Gasteiger partial charge in [-0.05, 0) is 37.3 Å². The summed E-state index contributed by atoms with van der Waals surface area (Å²) >= 11 is 0. The first-order valence-electron chi connectivity index (χ1n) is 8.50. The number of hydrogen-bond donors (Lipinski definition) is 1. The minimum absolute atomic E-state index is 0.0175. The van der Waals surface area contributed by atoms with Crippen LogP contribution in [0.4, 0.5) is 5.69 Å². The molecule has 1 heterocycles. The lowest BCUT2D eigenvalue weighted by Gasteiger charge is -2.27. The molecule has 1 aliphatic carbocycles. The summed E-state index contributed by atoms with van der Waals surface area (Å²) in [4.78, 5) is 16.9. The fraction of sp³-hybridized carbons (Fsp3) is 0.611. The van der Waals surface area contributed by atoms with Gasteiger partial charge in [-0.2, -0.15) is 0 Å². The van der Waals surface area contributed by atoms with Gasteiger partial charge in [-0.15, -0.1) is 0 Å². The highest BCUT2D eigenvalue weighted by Gasteiger charge is 2.32. The number of rotatable bonds is 4. The van der Waals surface area contributed by atoms with Gasteiger partial charge < -0.3 is 15.5 Å². The van der Waals surface area contributed by atoms with Crippen LogP contribution < -0.4 is 10.6 Å². The van der Waals surface area contributed by atoms with Crippen LogP contribution in [-0.4, -0.2) is 37.0 Å². The molecule has 1 aromatic rings. The highest BCUT2D eigenvalue weighted by Crippen LogP contribution is 2.28. The van der Waals surface area contributed by atoms with E-state index in [0.717, 1.165) is 32.4 Å². The van der Waals surface area contributed by atoms with E-state index >= 15 is 0 Å². The molecule has 2 atom stereocenters. The van der Waals surface area contributed by atoms with Crippen molar-refractivity contribution in [1.29, 1.82) is 0 Å². The maximum atomic E-state index is 12.6. The Morgan fingerprint density at radius 3 is 2.64 bits per heavy atom. The van der Waals surface area contributed by atoms with Gasteiger partial charge in [-0.3, -0.25) is 4.79 Å². The molecule has 4 nitrogen and oxygen atoms in total. The third kappa shape index (κ3) is 3.12. The molecule has 2 fully saturated rings. The molecule has 1 aromatic carbocycles. The third-order valence-electron chi connectivity index (χ3n) is 5.11. The molecule has 0 radical (unpaired) electrons. The van der Waals surface area contributed by atoms with E-state index in [4.69, 9.17) is 5.73 Å². The highest BCUT2D eigenvalue weighted by atomic mass is 16.2. The Hall–Kier alpha value is -1.55. The van der Waals surface area contributed by atoms with Gasteiger partial charge in [0.15, 0.2) is 0 Å². The second-order valence-electron chi connectivity index (χ2n) is 6.72. The smallest absolute Gasteiger partial charge is 0.227 e. The lowest BCUT2D eigenvalue weighted by Crippen LogP contribution is -2.39. The van der Waals surface area contributed by atoms with Crippen molar-refractivity contribution in [2.24, 2.45) is 11.7 Å². The van der Waals surface area contributed by atoms with Gasteiger partial charge in [0.05, 0.1) is 5.92 Å². The van der Waals surface area contributed by atoms with Gasteiger partial charge in [0, 0.05) is 38.4 Å². The highest BCUT2D eigenvalue weighted by molar-refractivity contribution is 5.79. The summed E-state index contributed by atoms with van der Waals surface area (Å²) in [5.41, 5.74) is 8.61. The van der Waals surface area contributed by atoms with Crippen LogP contribution in [0.1, 0.15) is 37.7 Å². The lowest BCUT2D eigenvalue weighted by atomic mass is 10.0. The molecular weight excluding hydrogens is 274 g/mol. The van der Waals surface area contributed by atoms with E-state index in [1.807, 2.05) is 11.9 Å². The number of amides is 1. The Bertz CT molecular complexity index is 525. The van der Waals surface area contributed by atoms with E-state index in [2.05, 4.69) is 29.2 Å². The Morgan fingerprint density at radius 1 is 1.23 bits per heavy atom. The summed E-state index contributed by atoms with van der Waals surface area (Å²) in [6, 6.07) is 8.52. The Balaban J connectivity index is 1.71. The van der Waals surface area contributed by atoms with Gasteiger partial charge in [0.2, 0.25) is 5.91 Å². The zero-order chi connectivity index (χ0) is 15.5. The molecule has 2 N–H and O–H groups in total. The molecule has 0 spiro atoms. The van der Waals surface area contributed by atoms with Crippen LogP contribution in [-0.2, 0) is 11.3 Å². The third-order valence-corrected chi connectivity index (χ3v) is 5.11. The maximum absolute atomic E-state index is 12.6. The van der Waals surface area contributed by atoms with Crippen LogP contribution in [0, 0.1) is 5.92 Å². The molecule has 2 aliphatic rings. The molecule has 1 aliphatic heterocycles. The molecule has 3 rings (SSSR count). The molecule has 1 saturated heterocycles. The summed E-state index contributed by atoms with van der Waals surface area (Å²) in [5.74, 6) is 0.227. The monoisotopic (exact) mass is 301 g/mol. The van der Waals surface area contributed by atoms with Gasteiger partial charge in [-0.25, -0.2) is 0 Å². The van der Waals surface area contributed by atoms with Crippen molar-refractivity contribution in [2.75, 3.05) is 25.0 Å². The van der Waals surface area contributed by atoms with Crippen LogP contribution in [0.2, 0.25) is 0 Å². The number of nitrogens with zero attached hydrogens (tertiary/aromatic N) is 2. The van der Waals surface area contributed by atoms with Crippen molar-refractivity contribution in [1.82, 2.24) is 4.90 Å². The van der Waals surface area contributed by atoms with Gasteiger partial charge in [0.25, 0.3) is 0 Å². The summed E-state index contributed by atoms with van der Waals surface area (Å²) in [5, 5.41) is 0. The second kappa shape index (κ2) is 6.69. The average Bonchev–Trinajstić information content (AvgIpc) is 3.18. The van der Waals surface area contributed by atoms with Crippen molar-refractivity contribution >= 4 is 11.6 Å². The molecule has 120 valence electrons. The van der Waals surface area contributed by atoms with Crippen LogP contribution in [0.15, 0.2) is 24.3 Å². The minimum atomic E-state index is 0.0175. The first kappa shape index (κ1) is 15.3.